The molecule has 10 rings (SSSR count). The second-order valence-corrected chi connectivity index (χ2v) is 12.9. The molecule has 0 saturated heterocycles. The predicted molar refractivity (Wildman–Crippen MR) is 203 cm³/mol. The van der Waals surface area contributed by atoms with Crippen LogP contribution < -0.4 is 15.4 Å². The molecule has 0 amide bonds. The normalized spacial score (nSPS) is 16.9. The minimum atomic E-state index is -0.218. The molecule has 2 heterocycles. The summed E-state index contributed by atoms with van der Waals surface area (Å²) >= 11 is 0. The molecule has 0 fully saturated rings. The molecule has 8 aromatic rings. The van der Waals surface area contributed by atoms with Crippen LogP contribution in [0.25, 0.3) is 48.8 Å². The summed E-state index contributed by atoms with van der Waals surface area (Å²) < 4.78 is 6.59. The van der Waals surface area contributed by atoms with Crippen molar-refractivity contribution in [3.8, 4) is 5.75 Å². The highest BCUT2D eigenvalue weighted by Gasteiger charge is 2.26. The minimum absolute atomic E-state index is 0.0523. The first kappa shape index (κ1) is 27.7. The zero-order valence-corrected chi connectivity index (χ0v) is 26.6. The van der Waals surface area contributed by atoms with E-state index in [-0.39, 0.29) is 12.3 Å². The number of amidine groups is 1. The molecule has 0 saturated carbocycles. The third-order valence-corrected chi connectivity index (χ3v) is 9.88. The Hall–Kier alpha value is -6.39. The smallest absolute Gasteiger partial charge is 0.196 e. The van der Waals surface area contributed by atoms with E-state index in [1.165, 1.54) is 27.1 Å². The van der Waals surface area contributed by atoms with Crippen molar-refractivity contribution >= 4 is 60.3 Å². The van der Waals surface area contributed by atoms with Crippen LogP contribution in [0.3, 0.4) is 0 Å². The fourth-order valence-corrected chi connectivity index (χ4v) is 7.35. The highest BCUT2D eigenvalue weighted by molar-refractivity contribution is 6.15. The Morgan fingerprint density at radius 1 is 0.490 bits per heavy atom. The van der Waals surface area contributed by atoms with E-state index in [4.69, 9.17) is 9.73 Å². The average Bonchev–Trinajstić information content (AvgIpc) is 3.62. The molecule has 2 atom stereocenters. The first-order valence-corrected chi connectivity index (χ1v) is 16.8. The first-order valence-electron chi connectivity index (χ1n) is 16.8. The molecule has 2 N–H and O–H groups in total. The molecule has 0 bridgehead atoms. The van der Waals surface area contributed by atoms with Gasteiger partial charge in [0.05, 0.1) is 17.4 Å². The molecule has 2 aliphatic heterocycles. The highest BCUT2D eigenvalue weighted by atomic mass is 16.5. The van der Waals surface area contributed by atoms with Crippen LogP contribution >= 0.6 is 0 Å². The van der Waals surface area contributed by atoms with Gasteiger partial charge in [0.2, 0.25) is 0 Å². The van der Waals surface area contributed by atoms with Gasteiger partial charge in [0.15, 0.2) is 12.0 Å². The molecule has 232 valence electrons. The Balaban J connectivity index is 1.08. The molecule has 2 aliphatic rings. The van der Waals surface area contributed by atoms with Crippen molar-refractivity contribution in [2.24, 2.45) is 4.99 Å². The maximum absolute atomic E-state index is 6.59. The largest absolute Gasteiger partial charge is 0.464 e. The van der Waals surface area contributed by atoms with E-state index >= 15 is 0 Å². The van der Waals surface area contributed by atoms with Gasteiger partial charge >= 0.3 is 0 Å². The van der Waals surface area contributed by atoms with Crippen molar-refractivity contribution in [2.45, 2.75) is 12.3 Å². The zero-order chi connectivity index (χ0) is 32.3. The fourth-order valence-electron chi connectivity index (χ4n) is 7.35. The molecular weight excluding hydrogens is 599 g/mol. The summed E-state index contributed by atoms with van der Waals surface area (Å²) in [5, 5.41) is 16.8. The Bertz CT molecular complexity index is 2660. The summed E-state index contributed by atoms with van der Waals surface area (Å²) in [4.78, 5) is 5.27. The van der Waals surface area contributed by atoms with Crippen molar-refractivity contribution in [3.63, 3.8) is 0 Å². The number of anilines is 1. The average molecular weight is 630 g/mol. The van der Waals surface area contributed by atoms with Gasteiger partial charge in [-0.3, -0.25) is 0 Å². The summed E-state index contributed by atoms with van der Waals surface area (Å²) in [5.74, 6) is 1.75. The van der Waals surface area contributed by atoms with Crippen LogP contribution in [0.15, 0.2) is 169 Å². The van der Waals surface area contributed by atoms with Crippen LogP contribution in [0.5, 0.6) is 5.75 Å². The van der Waals surface area contributed by atoms with Gasteiger partial charge < -0.3 is 15.4 Å². The lowest BCUT2D eigenvalue weighted by molar-refractivity contribution is 0.263. The molecule has 0 aromatic heterocycles. The van der Waals surface area contributed by atoms with Gasteiger partial charge in [0.25, 0.3) is 0 Å². The van der Waals surface area contributed by atoms with Crippen LogP contribution in [0.1, 0.15) is 34.5 Å². The first-order chi connectivity index (χ1) is 24.2. The van der Waals surface area contributed by atoms with Gasteiger partial charge in [-0.25, -0.2) is 4.99 Å². The minimum Gasteiger partial charge on any atom is -0.464 e. The Kier molecular flexibility index (Phi) is 6.28. The Labute approximate surface area is 284 Å². The molecule has 4 heteroatoms. The number of benzene rings is 8. The third kappa shape index (κ3) is 4.80. The highest BCUT2D eigenvalue weighted by Crippen LogP contribution is 2.45. The number of ether oxygens (including phenoxy) is 1. The van der Waals surface area contributed by atoms with Crippen molar-refractivity contribution in [1.29, 1.82) is 0 Å². The third-order valence-electron chi connectivity index (χ3n) is 9.88. The summed E-state index contributed by atoms with van der Waals surface area (Å²) in [6.07, 6.45) is 2.03. The number of hydrogen-bond acceptors (Lipinski definition) is 4. The number of nitrogens with zero attached hydrogens (tertiary/aromatic N) is 1. The van der Waals surface area contributed by atoms with Crippen LogP contribution in [0, 0.1) is 0 Å². The molecule has 2 unspecified atom stereocenters. The van der Waals surface area contributed by atoms with Gasteiger partial charge in [0, 0.05) is 22.1 Å². The van der Waals surface area contributed by atoms with E-state index in [9.17, 15) is 0 Å². The van der Waals surface area contributed by atoms with E-state index in [0.29, 0.717) is 0 Å². The van der Waals surface area contributed by atoms with Crippen molar-refractivity contribution in [3.05, 3.63) is 186 Å². The van der Waals surface area contributed by atoms with Crippen LogP contribution in [-0.2, 0) is 0 Å². The second kappa shape index (κ2) is 11.1. The van der Waals surface area contributed by atoms with Crippen molar-refractivity contribution in [2.75, 3.05) is 5.32 Å². The summed E-state index contributed by atoms with van der Waals surface area (Å²) in [6, 6.07) is 55.9. The lowest BCUT2D eigenvalue weighted by atomic mass is 9.96. The van der Waals surface area contributed by atoms with Crippen molar-refractivity contribution < 1.29 is 4.74 Å². The van der Waals surface area contributed by atoms with E-state index in [1.54, 1.807) is 0 Å². The van der Waals surface area contributed by atoms with E-state index in [1.807, 2.05) is 18.2 Å². The maximum atomic E-state index is 6.59. The standard InChI is InChI=1S/C45H31N3O/c1-2-10-31(11-3-1)45-48-39-23-21-30-16-17-34-26-37(20-22-38(34)42(30)43(39)49-45)44-46-40(35-18-14-28-8-4-6-12-32(28)24-35)27-41(47-44)36-19-15-29-9-5-7-13-33(29)25-36/h1-27,40,45,48H,(H,46,47). The molecule has 4 nitrogen and oxygen atoms in total. The van der Waals surface area contributed by atoms with Gasteiger partial charge in [0.1, 0.15) is 5.84 Å². The molecule has 0 radical (unpaired) electrons. The zero-order valence-electron chi connectivity index (χ0n) is 26.6. The number of nitrogens with one attached hydrogen (secondary N) is 2. The summed E-state index contributed by atoms with van der Waals surface area (Å²) in [7, 11) is 0. The molecule has 49 heavy (non-hydrogen) atoms. The monoisotopic (exact) mass is 629 g/mol. The molecule has 8 aromatic carbocycles. The number of aliphatic imine (C=N–C) groups is 1. The molecular formula is C45H31N3O. The van der Waals surface area contributed by atoms with Gasteiger partial charge in [-0.1, -0.05) is 133 Å². The fraction of sp³-hybridized carbons (Fsp3) is 0.0444. The second-order valence-electron chi connectivity index (χ2n) is 12.9. The predicted octanol–water partition coefficient (Wildman–Crippen LogP) is 10.9. The summed E-state index contributed by atoms with van der Waals surface area (Å²) in [5.41, 5.74) is 6.41. The topological polar surface area (TPSA) is 45.6 Å². The Morgan fingerprint density at radius 3 is 1.98 bits per heavy atom. The van der Waals surface area contributed by atoms with Gasteiger partial charge in [-0.05, 0) is 73.6 Å². The van der Waals surface area contributed by atoms with Crippen molar-refractivity contribution in [1.82, 2.24) is 5.32 Å². The number of fused-ring (bicyclic) bond motifs is 7. The number of rotatable bonds is 4. The quantitative estimate of drug-likeness (QED) is 0.190. The van der Waals surface area contributed by atoms with Crippen LogP contribution in [0.2, 0.25) is 0 Å². The van der Waals surface area contributed by atoms with E-state index in [0.717, 1.165) is 61.2 Å². The van der Waals surface area contributed by atoms with E-state index in [2.05, 4.69) is 156 Å². The molecule has 0 spiro atoms. The SMILES string of the molecule is C1=C(c2ccc3ccccc3c2)N=C(c2ccc3c(ccc4ccc5c(c43)OC(c3ccccc3)N5)c2)NC1c1ccc2ccccc2c1. The lowest BCUT2D eigenvalue weighted by Gasteiger charge is -2.25. The van der Waals surface area contributed by atoms with Gasteiger partial charge in [-0.2, -0.15) is 0 Å². The Morgan fingerprint density at radius 2 is 1.14 bits per heavy atom. The van der Waals surface area contributed by atoms with E-state index < -0.39 is 0 Å². The lowest BCUT2D eigenvalue weighted by Crippen LogP contribution is -2.31. The number of hydrogen-bond donors (Lipinski definition) is 2. The maximum Gasteiger partial charge on any atom is 0.196 e. The van der Waals surface area contributed by atoms with Crippen LogP contribution in [-0.4, -0.2) is 5.84 Å². The summed E-state index contributed by atoms with van der Waals surface area (Å²) in [6.45, 7) is 0. The molecule has 0 aliphatic carbocycles. The van der Waals surface area contributed by atoms with Gasteiger partial charge in [-0.15, -0.1) is 0 Å². The van der Waals surface area contributed by atoms with Crippen LogP contribution in [0.4, 0.5) is 5.69 Å².